The number of nitrogen functional groups attached to an aromatic ring is 1. The van der Waals surface area contributed by atoms with Crippen LogP contribution in [0.2, 0.25) is 0 Å². The van der Waals surface area contributed by atoms with E-state index in [4.69, 9.17) is 10.5 Å². The maximum absolute atomic E-state index is 12.7. The number of rotatable bonds is 6. The van der Waals surface area contributed by atoms with Crippen LogP contribution in [0.3, 0.4) is 0 Å². The predicted molar refractivity (Wildman–Crippen MR) is 95.7 cm³/mol. The van der Waals surface area contributed by atoms with E-state index in [1.54, 1.807) is 23.0 Å². The number of sulfonamides is 1. The Hall–Kier alpha value is -2.39. The maximum atomic E-state index is 12.7. The van der Waals surface area contributed by atoms with Crippen LogP contribution in [0.1, 0.15) is 37.1 Å². The molecule has 8 nitrogen and oxygen atoms in total. The van der Waals surface area contributed by atoms with Crippen LogP contribution in [0.25, 0.3) is 0 Å². The highest BCUT2D eigenvalue weighted by Crippen LogP contribution is 2.31. The van der Waals surface area contributed by atoms with Crippen LogP contribution in [0.15, 0.2) is 35.4 Å². The summed E-state index contributed by atoms with van der Waals surface area (Å²) >= 11 is 0. The highest BCUT2D eigenvalue weighted by atomic mass is 32.2. The second kappa shape index (κ2) is 7.46. The molecule has 1 atom stereocenters. The fourth-order valence-electron chi connectivity index (χ4n) is 3.15. The molecule has 140 valence electrons. The lowest BCUT2D eigenvalue weighted by Gasteiger charge is -2.24. The van der Waals surface area contributed by atoms with Crippen molar-refractivity contribution >= 4 is 21.7 Å². The summed E-state index contributed by atoms with van der Waals surface area (Å²) in [5, 5.41) is 4.33. The Morgan fingerprint density at radius 1 is 1.46 bits per heavy atom. The van der Waals surface area contributed by atoms with Gasteiger partial charge < -0.3 is 10.5 Å². The molecule has 1 unspecified atom stereocenters. The van der Waals surface area contributed by atoms with Gasteiger partial charge in [-0.2, -0.15) is 5.10 Å². The highest BCUT2D eigenvalue weighted by molar-refractivity contribution is 7.89. The molecule has 0 saturated heterocycles. The Morgan fingerprint density at radius 2 is 2.27 bits per heavy atom. The number of esters is 1. The lowest BCUT2D eigenvalue weighted by atomic mass is 9.94. The lowest BCUT2D eigenvalue weighted by Crippen LogP contribution is -2.31. The summed E-state index contributed by atoms with van der Waals surface area (Å²) in [7, 11) is -3.68. The largest absolute Gasteiger partial charge is 0.464 e. The first-order chi connectivity index (χ1) is 12.4. The SMILES string of the molecule is CC(=O)OCCn1ncc2c1CCCC2NS(=O)(=O)c1cccc(N)c1. The third kappa shape index (κ3) is 4.05. The minimum absolute atomic E-state index is 0.145. The van der Waals surface area contributed by atoms with E-state index in [1.807, 2.05) is 0 Å². The Labute approximate surface area is 152 Å². The first-order valence-electron chi connectivity index (χ1n) is 8.42. The van der Waals surface area contributed by atoms with Gasteiger partial charge in [0.05, 0.1) is 23.7 Å². The predicted octanol–water partition coefficient (Wildman–Crippen LogP) is 1.38. The van der Waals surface area contributed by atoms with Crippen molar-refractivity contribution in [2.45, 2.75) is 43.7 Å². The van der Waals surface area contributed by atoms with Crippen LogP contribution < -0.4 is 10.5 Å². The van der Waals surface area contributed by atoms with Crippen molar-refractivity contribution < 1.29 is 17.9 Å². The maximum Gasteiger partial charge on any atom is 0.302 e. The van der Waals surface area contributed by atoms with Gasteiger partial charge in [-0.15, -0.1) is 0 Å². The summed E-state index contributed by atoms with van der Waals surface area (Å²) in [5.74, 6) is -0.334. The Bertz CT molecular complexity index is 907. The number of nitrogens with zero attached hydrogens (tertiary/aromatic N) is 2. The van der Waals surface area contributed by atoms with E-state index in [1.165, 1.54) is 19.1 Å². The number of carbonyl (C=O) groups is 1. The fourth-order valence-corrected chi connectivity index (χ4v) is 4.45. The number of nitrogens with two attached hydrogens (primary N) is 1. The van der Waals surface area contributed by atoms with Crippen molar-refractivity contribution in [1.82, 2.24) is 14.5 Å². The second-order valence-electron chi connectivity index (χ2n) is 6.25. The number of hydrogen-bond acceptors (Lipinski definition) is 6. The Morgan fingerprint density at radius 3 is 3.00 bits per heavy atom. The van der Waals surface area contributed by atoms with Gasteiger partial charge in [-0.05, 0) is 37.5 Å². The van der Waals surface area contributed by atoms with E-state index in [0.29, 0.717) is 18.7 Å². The molecule has 0 fully saturated rings. The number of aromatic nitrogens is 2. The number of carbonyl (C=O) groups excluding carboxylic acids is 1. The lowest BCUT2D eigenvalue weighted by molar-refractivity contribution is -0.141. The van der Waals surface area contributed by atoms with E-state index in [9.17, 15) is 13.2 Å². The van der Waals surface area contributed by atoms with Gasteiger partial charge in [0.2, 0.25) is 10.0 Å². The molecule has 1 aromatic heterocycles. The molecular weight excluding hydrogens is 356 g/mol. The number of nitrogens with one attached hydrogen (secondary N) is 1. The normalized spacial score (nSPS) is 16.9. The van der Waals surface area contributed by atoms with Gasteiger partial charge in [0.25, 0.3) is 0 Å². The number of fused-ring (bicyclic) bond motifs is 1. The summed E-state index contributed by atoms with van der Waals surface area (Å²) in [5.41, 5.74) is 7.94. The summed E-state index contributed by atoms with van der Waals surface area (Å²) in [6.45, 7) is 2.05. The zero-order valence-corrected chi connectivity index (χ0v) is 15.3. The van der Waals surface area contributed by atoms with E-state index in [0.717, 1.165) is 24.1 Å². The van der Waals surface area contributed by atoms with Crippen molar-refractivity contribution in [1.29, 1.82) is 0 Å². The molecule has 0 bridgehead atoms. The second-order valence-corrected chi connectivity index (χ2v) is 7.96. The summed E-state index contributed by atoms with van der Waals surface area (Å²) in [4.78, 5) is 11.0. The van der Waals surface area contributed by atoms with Gasteiger partial charge in [-0.25, -0.2) is 13.1 Å². The molecule has 2 aromatic rings. The van der Waals surface area contributed by atoms with Gasteiger partial charge in [0.15, 0.2) is 0 Å². The molecule has 26 heavy (non-hydrogen) atoms. The standard InChI is InChI=1S/C17H22N4O4S/c1-12(22)25-9-8-21-17-7-3-6-16(15(17)11-19-21)20-26(23,24)14-5-2-4-13(18)10-14/h2,4-5,10-11,16,20H,3,6-9,18H2,1H3. The van der Waals surface area contributed by atoms with Crippen molar-refractivity contribution in [2.75, 3.05) is 12.3 Å². The molecule has 0 saturated carbocycles. The van der Waals surface area contributed by atoms with Crippen molar-refractivity contribution in [3.63, 3.8) is 0 Å². The molecule has 1 heterocycles. The van der Waals surface area contributed by atoms with Crippen molar-refractivity contribution in [3.8, 4) is 0 Å². The molecule has 9 heteroatoms. The Kier molecular flexibility index (Phi) is 5.28. The van der Waals surface area contributed by atoms with Crippen LogP contribution >= 0.6 is 0 Å². The smallest absolute Gasteiger partial charge is 0.302 e. The average molecular weight is 378 g/mol. The van der Waals surface area contributed by atoms with Gasteiger partial charge in [-0.3, -0.25) is 9.48 Å². The first kappa shape index (κ1) is 18.4. The summed E-state index contributed by atoms with van der Waals surface area (Å²) in [6, 6.07) is 5.88. The molecule has 3 rings (SSSR count). The number of ether oxygens (including phenoxy) is 1. The molecule has 1 aliphatic carbocycles. The molecule has 0 amide bonds. The van der Waals surface area contributed by atoms with Gasteiger partial charge in [0, 0.05) is 23.9 Å². The van der Waals surface area contributed by atoms with E-state index < -0.39 is 10.0 Å². The average Bonchev–Trinajstić information content (AvgIpc) is 2.99. The molecule has 1 aliphatic rings. The number of hydrogen-bond donors (Lipinski definition) is 2. The summed E-state index contributed by atoms with van der Waals surface area (Å²) < 4.78 is 34.8. The monoisotopic (exact) mass is 378 g/mol. The minimum Gasteiger partial charge on any atom is -0.464 e. The van der Waals surface area contributed by atoms with E-state index >= 15 is 0 Å². The fraction of sp³-hybridized carbons (Fsp3) is 0.412. The quantitative estimate of drug-likeness (QED) is 0.579. The van der Waals surface area contributed by atoms with E-state index in [2.05, 4.69) is 9.82 Å². The summed E-state index contributed by atoms with van der Waals surface area (Å²) in [6.07, 6.45) is 4.04. The highest BCUT2D eigenvalue weighted by Gasteiger charge is 2.28. The molecule has 3 N–H and O–H groups in total. The Balaban J connectivity index is 1.77. The molecule has 0 aliphatic heterocycles. The zero-order valence-electron chi connectivity index (χ0n) is 14.5. The minimum atomic E-state index is -3.68. The topological polar surface area (TPSA) is 116 Å². The van der Waals surface area contributed by atoms with E-state index in [-0.39, 0.29) is 23.5 Å². The van der Waals surface area contributed by atoms with Gasteiger partial charge in [0.1, 0.15) is 6.61 Å². The van der Waals surface area contributed by atoms with Crippen LogP contribution in [0.4, 0.5) is 5.69 Å². The first-order valence-corrected chi connectivity index (χ1v) is 9.91. The van der Waals surface area contributed by atoms with Crippen molar-refractivity contribution in [3.05, 3.63) is 41.7 Å². The molecule has 0 radical (unpaired) electrons. The van der Waals surface area contributed by atoms with Crippen LogP contribution in [0.5, 0.6) is 0 Å². The molecule has 0 spiro atoms. The number of anilines is 1. The van der Waals surface area contributed by atoms with Crippen molar-refractivity contribution in [2.24, 2.45) is 0 Å². The van der Waals surface area contributed by atoms with Crippen LogP contribution in [-0.2, 0) is 32.5 Å². The van der Waals surface area contributed by atoms with Gasteiger partial charge >= 0.3 is 5.97 Å². The zero-order chi connectivity index (χ0) is 18.7. The third-order valence-electron chi connectivity index (χ3n) is 4.34. The molecular formula is C17H22N4O4S. The molecule has 1 aromatic carbocycles. The third-order valence-corrected chi connectivity index (χ3v) is 5.81. The van der Waals surface area contributed by atoms with Gasteiger partial charge in [-0.1, -0.05) is 6.07 Å². The number of benzene rings is 1. The van der Waals surface area contributed by atoms with Crippen LogP contribution in [0, 0.1) is 0 Å². The van der Waals surface area contributed by atoms with Crippen LogP contribution in [-0.4, -0.2) is 30.8 Å².